The number of hydrogen-bond donors (Lipinski definition) is 1. The number of rotatable bonds is 7. The molecule has 1 spiro atoms. The number of phenolic OH excluding ortho intramolecular Hbond substituents is 1. The third-order valence-electron chi connectivity index (χ3n) is 11.2. The van der Waals surface area contributed by atoms with Crippen LogP contribution in [0.2, 0.25) is 0 Å². The fourth-order valence-electron chi connectivity index (χ4n) is 8.87. The smallest absolute Gasteiger partial charge is 0.517 e. The first-order chi connectivity index (χ1) is 25.2. The summed E-state index contributed by atoms with van der Waals surface area (Å²) in [4.78, 5) is 0. The molecule has 0 aliphatic heterocycles. The van der Waals surface area contributed by atoms with Gasteiger partial charge < -0.3 is 9.84 Å². The van der Waals surface area contributed by atoms with E-state index < -0.39 is 0 Å². The Morgan fingerprint density at radius 2 is 1.36 bits per heavy atom. The fraction of sp³-hybridized carbons (Fsp3) is 0.229. The van der Waals surface area contributed by atoms with Gasteiger partial charge in [0.15, 0.2) is 0 Å². The Hall–Kier alpha value is -4.92. The zero-order chi connectivity index (χ0) is 35.6. The number of phenols is 1. The van der Waals surface area contributed by atoms with E-state index >= 15 is 0 Å². The summed E-state index contributed by atoms with van der Waals surface area (Å²) in [7, 11) is 0. The maximum atomic E-state index is 11.4. The van der Waals surface area contributed by atoms with Crippen molar-refractivity contribution in [2.24, 2.45) is 5.41 Å². The van der Waals surface area contributed by atoms with Gasteiger partial charge in [-0.25, -0.2) is 0 Å². The van der Waals surface area contributed by atoms with Gasteiger partial charge in [-0.1, -0.05) is 117 Å². The number of benzene rings is 6. The van der Waals surface area contributed by atoms with Crippen molar-refractivity contribution in [1.29, 1.82) is 0 Å². The predicted octanol–water partition coefficient (Wildman–Crippen LogP) is 11.6. The second-order valence-electron chi connectivity index (χ2n) is 15.5. The molecule has 7 aromatic rings. The molecule has 4 nitrogen and oxygen atoms in total. The van der Waals surface area contributed by atoms with Crippen LogP contribution in [-0.4, -0.2) is 14.9 Å². The zero-order valence-electron chi connectivity index (χ0n) is 30.5. The van der Waals surface area contributed by atoms with E-state index in [0.717, 1.165) is 59.0 Å². The van der Waals surface area contributed by atoms with Gasteiger partial charge in [-0.3, -0.25) is 4.68 Å². The first kappa shape index (κ1) is 35.1. The molecule has 2 aliphatic carbocycles. The molecule has 0 saturated carbocycles. The maximum absolute atomic E-state index is 11.4. The molecule has 0 unspecified atom stereocenters. The summed E-state index contributed by atoms with van der Waals surface area (Å²) < 4.78 is 8.66. The molecule has 0 bridgehead atoms. The van der Waals surface area contributed by atoms with E-state index in [0.29, 0.717) is 23.3 Å². The third-order valence-corrected chi connectivity index (χ3v) is 11.2. The number of nitrogens with zero attached hydrogens (tertiary/aromatic N) is 2. The Morgan fingerprint density at radius 1 is 0.679 bits per heavy atom. The first-order valence-corrected chi connectivity index (χ1v) is 18.5. The van der Waals surface area contributed by atoms with E-state index in [1.54, 1.807) is 0 Å². The molecule has 0 fully saturated rings. The van der Waals surface area contributed by atoms with Gasteiger partial charge in [0.25, 0.3) is 0 Å². The quantitative estimate of drug-likeness (QED) is 0.162. The van der Waals surface area contributed by atoms with Crippen molar-refractivity contribution in [1.82, 2.24) is 9.78 Å². The van der Waals surface area contributed by atoms with E-state index in [1.165, 1.54) is 38.9 Å². The SMILES string of the molecule is CC(C)c1cccc(C(C)C)c1-c1cc(Oc2[c-]c(-c3c(O)ccc4c3CC3(Cc5ccccc5C3)C4)ccc2)[c-]c(-n2ncc3ccccc32)c1.[Pt+2]. The minimum Gasteiger partial charge on any atom is -0.517 e. The van der Waals surface area contributed by atoms with E-state index in [-0.39, 0.29) is 32.2 Å². The van der Waals surface area contributed by atoms with Gasteiger partial charge in [0, 0.05) is 16.9 Å². The van der Waals surface area contributed by atoms with Gasteiger partial charge in [-0.15, -0.1) is 47.5 Å². The van der Waals surface area contributed by atoms with Gasteiger partial charge in [0.2, 0.25) is 0 Å². The molecular formula is C48H42N2O2Pt. The largest absolute Gasteiger partial charge is 2.00 e. The molecule has 9 rings (SSSR count). The topological polar surface area (TPSA) is 47.3 Å². The monoisotopic (exact) mass is 873 g/mol. The average molecular weight is 874 g/mol. The molecule has 1 heterocycles. The molecule has 1 aromatic heterocycles. The van der Waals surface area contributed by atoms with Crippen LogP contribution in [-0.2, 0) is 46.7 Å². The second kappa shape index (κ2) is 13.8. The average Bonchev–Trinajstić information content (AvgIpc) is 3.84. The van der Waals surface area contributed by atoms with Crippen LogP contribution in [0.25, 0.3) is 38.8 Å². The van der Waals surface area contributed by atoms with Crippen LogP contribution in [0.5, 0.6) is 17.2 Å². The minimum absolute atomic E-state index is 0. The molecule has 266 valence electrons. The minimum atomic E-state index is 0. The van der Waals surface area contributed by atoms with Gasteiger partial charge in [-0.2, -0.15) is 5.10 Å². The van der Waals surface area contributed by atoms with E-state index in [2.05, 4.69) is 113 Å². The first-order valence-electron chi connectivity index (χ1n) is 18.5. The van der Waals surface area contributed by atoms with Crippen LogP contribution < -0.4 is 4.74 Å². The third kappa shape index (κ3) is 6.32. The summed E-state index contributed by atoms with van der Waals surface area (Å²) in [5, 5.41) is 17.2. The van der Waals surface area contributed by atoms with Crippen molar-refractivity contribution >= 4 is 10.9 Å². The van der Waals surface area contributed by atoms with Crippen LogP contribution in [0.3, 0.4) is 0 Å². The van der Waals surface area contributed by atoms with Crippen LogP contribution in [0.4, 0.5) is 0 Å². The molecule has 0 atom stereocenters. The van der Waals surface area contributed by atoms with Crippen LogP contribution in [0, 0.1) is 17.5 Å². The second-order valence-corrected chi connectivity index (χ2v) is 15.5. The zero-order valence-corrected chi connectivity index (χ0v) is 32.8. The van der Waals surface area contributed by atoms with Crippen LogP contribution in [0.15, 0.2) is 115 Å². The molecule has 0 radical (unpaired) electrons. The summed E-state index contributed by atoms with van der Waals surface area (Å²) in [5.74, 6) is 2.10. The van der Waals surface area contributed by atoms with Crippen LogP contribution >= 0.6 is 0 Å². The molecular weight excluding hydrogens is 832 g/mol. The summed E-state index contributed by atoms with van der Waals surface area (Å²) >= 11 is 0. The Balaban J connectivity index is 0.00000400. The van der Waals surface area contributed by atoms with Crippen molar-refractivity contribution in [3.8, 4) is 45.2 Å². The van der Waals surface area contributed by atoms with Crippen molar-refractivity contribution in [2.45, 2.75) is 65.2 Å². The van der Waals surface area contributed by atoms with Crippen molar-refractivity contribution in [3.63, 3.8) is 0 Å². The van der Waals surface area contributed by atoms with Crippen molar-refractivity contribution < 1.29 is 30.9 Å². The number of hydrogen-bond acceptors (Lipinski definition) is 3. The molecule has 5 heteroatoms. The Morgan fingerprint density at radius 3 is 2.09 bits per heavy atom. The number of fused-ring (bicyclic) bond motifs is 3. The molecule has 1 N–H and O–H groups in total. The van der Waals surface area contributed by atoms with Crippen molar-refractivity contribution in [3.05, 3.63) is 161 Å². The van der Waals surface area contributed by atoms with E-state index in [9.17, 15) is 5.11 Å². The number of ether oxygens (including phenoxy) is 1. The number of aromatic nitrogens is 2. The summed E-state index contributed by atoms with van der Waals surface area (Å²) in [6.45, 7) is 9.00. The van der Waals surface area contributed by atoms with E-state index in [4.69, 9.17) is 9.84 Å². The summed E-state index contributed by atoms with van der Waals surface area (Å²) in [6, 6.07) is 45.1. The van der Waals surface area contributed by atoms with Gasteiger partial charge in [-0.05, 0) is 88.6 Å². The standard InChI is InChI=1S/C48H42N2O2.Pt/c1-30(2)41-16-10-17-42(31(3)4)46(41)37-21-38(50-44-18-8-7-13-36(44)29-49-50)24-40(23-37)52-39-15-9-14-32(22-39)47-43-28-48(27-35(43)19-20-45(47)51)25-33-11-5-6-12-34(33)26-48;/h5-21,23,29-31,51H,25-28H2,1-4H3;/q-2;+2. The number of aromatic hydroxyl groups is 1. The van der Waals surface area contributed by atoms with Gasteiger partial charge >= 0.3 is 21.1 Å². The fourth-order valence-corrected chi connectivity index (χ4v) is 8.87. The normalized spacial score (nSPS) is 14.2. The summed E-state index contributed by atoms with van der Waals surface area (Å²) in [5.41, 5.74) is 14.0. The summed E-state index contributed by atoms with van der Waals surface area (Å²) in [6.07, 6.45) is 5.99. The Bertz CT molecular complexity index is 2440. The van der Waals surface area contributed by atoms with Gasteiger partial charge in [0.1, 0.15) is 0 Å². The number of para-hydroxylation sites is 1. The van der Waals surface area contributed by atoms with Crippen molar-refractivity contribution in [2.75, 3.05) is 0 Å². The van der Waals surface area contributed by atoms with Gasteiger partial charge in [0.05, 0.1) is 17.5 Å². The predicted molar refractivity (Wildman–Crippen MR) is 210 cm³/mol. The Labute approximate surface area is 326 Å². The van der Waals surface area contributed by atoms with E-state index in [1.807, 2.05) is 47.3 Å². The molecule has 2 aliphatic rings. The molecule has 53 heavy (non-hydrogen) atoms. The maximum Gasteiger partial charge on any atom is 2.00 e. The molecule has 6 aromatic carbocycles. The Kier molecular flexibility index (Phi) is 9.15. The molecule has 0 amide bonds. The molecule has 0 saturated heterocycles. The van der Waals surface area contributed by atoms with Crippen LogP contribution in [0.1, 0.15) is 72.9 Å².